The van der Waals surface area contributed by atoms with Crippen molar-refractivity contribution in [1.29, 1.82) is 0 Å². The number of hydrogen-bond donors (Lipinski definition) is 1. The third-order valence-corrected chi connectivity index (χ3v) is 2.93. The van der Waals surface area contributed by atoms with Crippen molar-refractivity contribution in [1.82, 2.24) is 0 Å². The molecule has 0 amide bonds. The number of carboxylic acids is 1. The number of ketones is 1. The van der Waals surface area contributed by atoms with E-state index in [4.69, 9.17) is 16.7 Å². The molecule has 0 saturated carbocycles. The molecule has 0 spiro atoms. The van der Waals surface area contributed by atoms with Crippen LogP contribution in [-0.4, -0.2) is 22.4 Å². The van der Waals surface area contributed by atoms with Crippen LogP contribution in [-0.2, 0) is 4.79 Å². The monoisotopic (exact) mass is 302 g/mol. The zero-order valence-corrected chi connectivity index (χ0v) is 11.6. The van der Waals surface area contributed by atoms with Crippen LogP contribution in [0.25, 0.3) is 0 Å². The van der Waals surface area contributed by atoms with E-state index in [0.29, 0.717) is 11.1 Å². The summed E-state index contributed by atoms with van der Waals surface area (Å²) in [6.07, 6.45) is 0. The van der Waals surface area contributed by atoms with Crippen molar-refractivity contribution >= 4 is 29.0 Å². The van der Waals surface area contributed by atoms with Gasteiger partial charge in [-0.25, -0.2) is 4.79 Å². The van der Waals surface area contributed by atoms with E-state index in [1.807, 2.05) is 6.07 Å². The summed E-state index contributed by atoms with van der Waals surface area (Å²) >= 11 is 5.47. The van der Waals surface area contributed by atoms with Gasteiger partial charge in [0.1, 0.15) is 0 Å². The molecule has 0 aromatic heterocycles. The highest BCUT2D eigenvalue weighted by molar-refractivity contribution is 6.29. The SMILES string of the molecule is O=C(c1ccccc1)c1ccccc1/N=N/C(Cl)C(=O)O. The van der Waals surface area contributed by atoms with E-state index in [1.165, 1.54) is 0 Å². The average molecular weight is 303 g/mol. The number of carbonyl (C=O) groups is 2. The number of halogens is 1. The Bertz CT molecular complexity index is 686. The van der Waals surface area contributed by atoms with Gasteiger partial charge in [-0.3, -0.25) is 4.79 Å². The zero-order valence-electron chi connectivity index (χ0n) is 10.8. The van der Waals surface area contributed by atoms with Crippen LogP contribution < -0.4 is 0 Å². The number of hydrogen-bond acceptors (Lipinski definition) is 4. The summed E-state index contributed by atoms with van der Waals surface area (Å²) in [5, 5.41) is 15.9. The van der Waals surface area contributed by atoms with Gasteiger partial charge in [0, 0.05) is 5.56 Å². The lowest BCUT2D eigenvalue weighted by molar-refractivity contribution is -0.136. The summed E-state index contributed by atoms with van der Waals surface area (Å²) in [6, 6.07) is 15.3. The molecule has 0 heterocycles. The van der Waals surface area contributed by atoms with Gasteiger partial charge < -0.3 is 5.11 Å². The Labute approximate surface area is 125 Å². The molecule has 1 unspecified atom stereocenters. The number of carboxylic acid groups (broad SMARTS) is 1. The van der Waals surface area contributed by atoms with Crippen LogP contribution in [0, 0.1) is 0 Å². The van der Waals surface area contributed by atoms with Crippen molar-refractivity contribution < 1.29 is 14.7 Å². The molecule has 0 fully saturated rings. The molecule has 106 valence electrons. The van der Waals surface area contributed by atoms with Crippen molar-refractivity contribution in [2.45, 2.75) is 5.50 Å². The maximum absolute atomic E-state index is 12.4. The summed E-state index contributed by atoms with van der Waals surface area (Å²) in [5.41, 5.74) is -0.356. The number of aliphatic carboxylic acids is 1. The van der Waals surface area contributed by atoms with Crippen molar-refractivity contribution in [3.8, 4) is 0 Å². The Balaban J connectivity index is 2.33. The minimum Gasteiger partial charge on any atom is -0.479 e. The lowest BCUT2D eigenvalue weighted by atomic mass is 10.0. The number of nitrogens with zero attached hydrogens (tertiary/aromatic N) is 2. The van der Waals surface area contributed by atoms with Crippen molar-refractivity contribution in [2.75, 3.05) is 0 Å². The first kappa shape index (κ1) is 14.9. The fourth-order valence-corrected chi connectivity index (χ4v) is 1.70. The normalized spacial score (nSPS) is 12.2. The molecule has 21 heavy (non-hydrogen) atoms. The van der Waals surface area contributed by atoms with Crippen LogP contribution in [0.1, 0.15) is 15.9 Å². The molecule has 6 heteroatoms. The first-order valence-corrected chi connectivity index (χ1v) is 6.50. The van der Waals surface area contributed by atoms with Gasteiger partial charge in [-0.1, -0.05) is 54.1 Å². The number of benzene rings is 2. The smallest absolute Gasteiger partial charge is 0.345 e. The second-order valence-corrected chi connectivity index (χ2v) is 4.52. The Hall–Kier alpha value is -2.53. The van der Waals surface area contributed by atoms with E-state index < -0.39 is 11.5 Å². The molecule has 1 atom stereocenters. The largest absolute Gasteiger partial charge is 0.479 e. The Morgan fingerprint density at radius 2 is 1.62 bits per heavy atom. The van der Waals surface area contributed by atoms with Gasteiger partial charge >= 0.3 is 5.97 Å². The average Bonchev–Trinajstić information content (AvgIpc) is 2.53. The van der Waals surface area contributed by atoms with E-state index in [-0.39, 0.29) is 11.5 Å². The summed E-state index contributed by atoms with van der Waals surface area (Å²) < 4.78 is 0. The van der Waals surface area contributed by atoms with E-state index in [2.05, 4.69) is 10.2 Å². The van der Waals surface area contributed by atoms with Crippen LogP contribution in [0.15, 0.2) is 64.8 Å². The molecule has 0 aliphatic carbocycles. The van der Waals surface area contributed by atoms with Crippen molar-refractivity contribution in [3.05, 3.63) is 65.7 Å². The standard InChI is InChI=1S/C15H11ClN2O3/c16-14(15(20)21)18-17-12-9-5-4-8-11(12)13(19)10-6-2-1-3-7-10/h1-9,14H,(H,20,21)/b18-17+. The van der Waals surface area contributed by atoms with Gasteiger partial charge in [-0.05, 0) is 12.1 Å². The van der Waals surface area contributed by atoms with E-state index in [9.17, 15) is 9.59 Å². The van der Waals surface area contributed by atoms with Gasteiger partial charge in [0.25, 0.3) is 0 Å². The number of alkyl halides is 1. The first-order chi connectivity index (χ1) is 10.1. The highest BCUT2D eigenvalue weighted by atomic mass is 35.5. The lowest BCUT2D eigenvalue weighted by Crippen LogP contribution is -2.09. The minimum absolute atomic E-state index is 0.216. The molecule has 2 rings (SSSR count). The second-order valence-electron chi connectivity index (χ2n) is 4.10. The number of azo groups is 1. The summed E-state index contributed by atoms with van der Waals surface area (Å²) in [4.78, 5) is 23.0. The third-order valence-electron chi connectivity index (χ3n) is 2.66. The molecule has 0 aliphatic rings. The predicted octanol–water partition coefficient (Wildman–Crippen LogP) is 3.65. The highest BCUT2D eigenvalue weighted by Gasteiger charge is 2.15. The molecule has 2 aromatic carbocycles. The van der Waals surface area contributed by atoms with Gasteiger partial charge in [-0.15, -0.1) is 0 Å². The van der Waals surface area contributed by atoms with Crippen LogP contribution in [0.4, 0.5) is 5.69 Å². The molecule has 0 aliphatic heterocycles. The van der Waals surface area contributed by atoms with Crippen LogP contribution in [0.2, 0.25) is 0 Å². The van der Waals surface area contributed by atoms with Crippen molar-refractivity contribution in [3.63, 3.8) is 0 Å². The first-order valence-electron chi connectivity index (χ1n) is 6.06. The summed E-state index contributed by atoms with van der Waals surface area (Å²) in [7, 11) is 0. The highest BCUT2D eigenvalue weighted by Crippen LogP contribution is 2.23. The number of carbonyl (C=O) groups excluding carboxylic acids is 1. The Morgan fingerprint density at radius 1 is 1.00 bits per heavy atom. The van der Waals surface area contributed by atoms with Crippen molar-refractivity contribution in [2.24, 2.45) is 10.2 Å². The summed E-state index contributed by atoms with van der Waals surface area (Å²) in [6.45, 7) is 0. The maximum Gasteiger partial charge on any atom is 0.345 e. The predicted molar refractivity (Wildman–Crippen MR) is 78.1 cm³/mol. The topological polar surface area (TPSA) is 79.1 Å². The van der Waals surface area contributed by atoms with Gasteiger partial charge in [0.2, 0.25) is 5.50 Å². The molecule has 2 aromatic rings. The molecule has 0 saturated heterocycles. The van der Waals surface area contributed by atoms with E-state index >= 15 is 0 Å². The molecule has 0 bridgehead atoms. The molecule has 1 N–H and O–H groups in total. The van der Waals surface area contributed by atoms with E-state index in [1.54, 1.807) is 48.5 Å². The fraction of sp³-hybridized carbons (Fsp3) is 0.0667. The Kier molecular flexibility index (Phi) is 4.79. The molecule has 0 radical (unpaired) electrons. The minimum atomic E-state index is -1.48. The van der Waals surface area contributed by atoms with Gasteiger partial charge in [-0.2, -0.15) is 10.2 Å². The zero-order chi connectivity index (χ0) is 15.2. The molecular weight excluding hydrogens is 292 g/mol. The molecule has 5 nitrogen and oxygen atoms in total. The Morgan fingerprint density at radius 3 is 2.29 bits per heavy atom. The summed E-state index contributed by atoms with van der Waals surface area (Å²) in [5.74, 6) is -1.51. The third kappa shape index (κ3) is 3.73. The van der Waals surface area contributed by atoms with Gasteiger partial charge in [0.15, 0.2) is 5.78 Å². The molecular formula is C15H11ClN2O3. The van der Waals surface area contributed by atoms with Crippen LogP contribution >= 0.6 is 11.6 Å². The maximum atomic E-state index is 12.4. The number of rotatable bonds is 5. The van der Waals surface area contributed by atoms with Crippen LogP contribution in [0.3, 0.4) is 0 Å². The van der Waals surface area contributed by atoms with E-state index in [0.717, 1.165) is 0 Å². The lowest BCUT2D eigenvalue weighted by Gasteiger charge is -2.04. The second kappa shape index (κ2) is 6.76. The van der Waals surface area contributed by atoms with Gasteiger partial charge in [0.05, 0.1) is 11.3 Å². The fourth-order valence-electron chi connectivity index (χ4n) is 1.66. The van der Waals surface area contributed by atoms with Crippen LogP contribution in [0.5, 0.6) is 0 Å². The quantitative estimate of drug-likeness (QED) is 0.396.